The highest BCUT2D eigenvalue weighted by atomic mass is 32.2. The summed E-state index contributed by atoms with van der Waals surface area (Å²) in [5.41, 5.74) is 6.39. The van der Waals surface area contributed by atoms with E-state index in [0.717, 1.165) is 0 Å². The fourth-order valence-corrected chi connectivity index (χ4v) is 2.92. The van der Waals surface area contributed by atoms with Crippen LogP contribution in [0.15, 0.2) is 12.5 Å². The van der Waals surface area contributed by atoms with Gasteiger partial charge in [0.2, 0.25) is 17.7 Å². The number of carbonyl (C=O) groups excluding carboxylic acids is 3. The molecule has 0 fully saturated rings. The Labute approximate surface area is 181 Å². The molecule has 0 radical (unpaired) electrons. The molecule has 0 bridgehead atoms. The number of imidazole rings is 1. The first kappa shape index (κ1) is 25.9. The van der Waals surface area contributed by atoms with Crippen molar-refractivity contribution in [3.8, 4) is 0 Å². The van der Waals surface area contributed by atoms with E-state index in [-0.39, 0.29) is 12.8 Å². The number of aromatic nitrogens is 2. The van der Waals surface area contributed by atoms with Crippen molar-refractivity contribution in [1.82, 2.24) is 25.9 Å². The van der Waals surface area contributed by atoms with Gasteiger partial charge < -0.3 is 36.9 Å². The van der Waals surface area contributed by atoms with Crippen LogP contribution in [0, 0.1) is 0 Å². The zero-order chi connectivity index (χ0) is 23.4. The van der Waals surface area contributed by atoms with E-state index in [9.17, 15) is 24.0 Å². The number of carbonyl (C=O) groups is 5. The van der Waals surface area contributed by atoms with Crippen molar-refractivity contribution in [2.75, 3.05) is 18.6 Å². The lowest BCUT2D eigenvalue weighted by Gasteiger charge is -2.23. The van der Waals surface area contributed by atoms with Crippen molar-refractivity contribution < 1.29 is 34.2 Å². The van der Waals surface area contributed by atoms with E-state index in [0.29, 0.717) is 11.4 Å². The number of carboxylic acid groups (broad SMARTS) is 2. The molecule has 14 heteroatoms. The minimum Gasteiger partial charge on any atom is -0.481 e. The molecule has 31 heavy (non-hydrogen) atoms. The van der Waals surface area contributed by atoms with Gasteiger partial charge in [0.05, 0.1) is 18.8 Å². The summed E-state index contributed by atoms with van der Waals surface area (Å²) in [6.45, 7) is -0.637. The third kappa shape index (κ3) is 9.95. The number of amides is 3. The molecule has 1 aromatic rings. The van der Waals surface area contributed by atoms with Gasteiger partial charge in [0, 0.05) is 18.3 Å². The molecule has 13 nitrogen and oxygen atoms in total. The van der Waals surface area contributed by atoms with Gasteiger partial charge in [-0.1, -0.05) is 0 Å². The fourth-order valence-electron chi connectivity index (χ4n) is 2.45. The Morgan fingerprint density at radius 2 is 1.77 bits per heavy atom. The van der Waals surface area contributed by atoms with Gasteiger partial charge in [0.25, 0.3) is 0 Å². The molecule has 0 spiro atoms. The zero-order valence-electron chi connectivity index (χ0n) is 16.8. The van der Waals surface area contributed by atoms with Crippen LogP contribution in [0.2, 0.25) is 0 Å². The van der Waals surface area contributed by atoms with Crippen molar-refractivity contribution in [3.05, 3.63) is 18.2 Å². The highest BCUT2D eigenvalue weighted by Crippen LogP contribution is 2.04. The summed E-state index contributed by atoms with van der Waals surface area (Å²) in [5, 5.41) is 24.6. The lowest BCUT2D eigenvalue weighted by atomic mass is 10.1. The molecule has 0 aliphatic carbocycles. The smallest absolute Gasteiger partial charge is 0.322 e. The largest absolute Gasteiger partial charge is 0.481 e. The lowest BCUT2D eigenvalue weighted by Crippen LogP contribution is -2.56. The molecular formula is C17H26N6O7S. The number of hydrogen-bond donors (Lipinski definition) is 7. The topological polar surface area (TPSA) is 217 Å². The van der Waals surface area contributed by atoms with Crippen LogP contribution < -0.4 is 21.7 Å². The van der Waals surface area contributed by atoms with Crippen molar-refractivity contribution >= 4 is 41.4 Å². The minimum atomic E-state index is -1.48. The van der Waals surface area contributed by atoms with E-state index in [1.54, 1.807) is 6.26 Å². The van der Waals surface area contributed by atoms with E-state index in [1.807, 2.05) is 0 Å². The van der Waals surface area contributed by atoms with Crippen molar-refractivity contribution in [3.63, 3.8) is 0 Å². The van der Waals surface area contributed by atoms with E-state index in [4.69, 9.17) is 15.9 Å². The average Bonchev–Trinajstić information content (AvgIpc) is 3.21. The average molecular weight is 458 g/mol. The summed E-state index contributed by atoms with van der Waals surface area (Å²) < 4.78 is 0. The van der Waals surface area contributed by atoms with Gasteiger partial charge in [-0.25, -0.2) is 4.98 Å². The van der Waals surface area contributed by atoms with Crippen LogP contribution >= 0.6 is 11.8 Å². The standard InChI is InChI=1S/C17H26N6O7S/c1-31-3-2-11(16(29)20-7-14(26)27)22-17(30)12(5-13(24)25)23-15(28)10(18)4-9-6-19-8-21-9/h6,8,10-12H,2-5,7,18H2,1H3,(H,19,21)(H,20,29)(H,22,30)(H,23,28)(H,24,25)(H,26,27). The minimum absolute atomic E-state index is 0.0845. The normalized spacial score (nSPS) is 13.5. The van der Waals surface area contributed by atoms with Gasteiger partial charge >= 0.3 is 11.9 Å². The number of nitrogens with zero attached hydrogens (tertiary/aromatic N) is 1. The molecule has 0 saturated carbocycles. The SMILES string of the molecule is CSCCC(NC(=O)C(CC(=O)O)NC(=O)C(N)Cc1cnc[nH]1)C(=O)NCC(=O)O. The Kier molecular flexibility index (Phi) is 11.1. The maximum Gasteiger partial charge on any atom is 0.322 e. The number of hydrogen-bond acceptors (Lipinski definition) is 8. The van der Waals surface area contributed by atoms with Crippen LogP contribution in [-0.2, 0) is 30.4 Å². The van der Waals surface area contributed by atoms with Gasteiger partial charge in [-0.05, 0) is 18.4 Å². The Hall–Kier alpha value is -3.13. The van der Waals surface area contributed by atoms with E-state index in [1.165, 1.54) is 24.3 Å². The molecule has 3 atom stereocenters. The maximum atomic E-state index is 12.6. The van der Waals surface area contributed by atoms with Crippen LogP contribution in [-0.4, -0.2) is 86.5 Å². The van der Waals surface area contributed by atoms with E-state index < -0.39 is 60.8 Å². The number of nitrogens with one attached hydrogen (secondary N) is 4. The van der Waals surface area contributed by atoms with Crippen molar-refractivity contribution in [2.24, 2.45) is 5.73 Å². The first-order valence-corrected chi connectivity index (χ1v) is 10.6. The molecule has 1 heterocycles. The Balaban J connectivity index is 2.82. The van der Waals surface area contributed by atoms with Crippen molar-refractivity contribution in [1.29, 1.82) is 0 Å². The lowest BCUT2D eigenvalue weighted by molar-refractivity contribution is -0.141. The molecule has 172 valence electrons. The summed E-state index contributed by atoms with van der Waals surface area (Å²) >= 11 is 1.40. The van der Waals surface area contributed by atoms with Gasteiger partial charge in [-0.15, -0.1) is 0 Å². The molecule has 3 unspecified atom stereocenters. The molecule has 1 aromatic heterocycles. The fraction of sp³-hybridized carbons (Fsp3) is 0.529. The Bertz CT molecular complexity index is 773. The molecule has 0 aliphatic heterocycles. The molecule has 0 saturated heterocycles. The number of rotatable bonds is 14. The molecule has 3 amide bonds. The zero-order valence-corrected chi connectivity index (χ0v) is 17.6. The summed E-state index contributed by atoms with van der Waals surface area (Å²) in [6, 6.07) is -3.66. The predicted molar refractivity (Wildman–Crippen MR) is 110 cm³/mol. The summed E-state index contributed by atoms with van der Waals surface area (Å²) in [4.78, 5) is 65.6. The second-order valence-electron chi connectivity index (χ2n) is 6.50. The second-order valence-corrected chi connectivity index (χ2v) is 7.49. The quantitative estimate of drug-likeness (QED) is 0.158. The molecule has 0 aromatic carbocycles. The van der Waals surface area contributed by atoms with Gasteiger partial charge in [0.15, 0.2) is 0 Å². The van der Waals surface area contributed by atoms with Gasteiger partial charge in [-0.2, -0.15) is 11.8 Å². The third-order valence-corrected chi connectivity index (χ3v) is 4.64. The highest BCUT2D eigenvalue weighted by molar-refractivity contribution is 7.98. The predicted octanol–water partition coefficient (Wildman–Crippen LogP) is -2.32. The van der Waals surface area contributed by atoms with Crippen LogP contribution in [0.4, 0.5) is 0 Å². The second kappa shape index (κ2) is 13.2. The van der Waals surface area contributed by atoms with Gasteiger partial charge in [0.1, 0.15) is 18.6 Å². The highest BCUT2D eigenvalue weighted by Gasteiger charge is 2.29. The van der Waals surface area contributed by atoms with E-state index >= 15 is 0 Å². The van der Waals surface area contributed by atoms with Gasteiger partial charge in [-0.3, -0.25) is 24.0 Å². The first-order chi connectivity index (χ1) is 14.6. The molecule has 8 N–H and O–H groups in total. The number of aliphatic carboxylic acids is 2. The summed E-state index contributed by atoms with van der Waals surface area (Å²) in [5.74, 6) is -4.53. The Morgan fingerprint density at radius 1 is 1.10 bits per heavy atom. The maximum absolute atomic E-state index is 12.6. The van der Waals surface area contributed by atoms with Crippen LogP contribution in [0.3, 0.4) is 0 Å². The van der Waals surface area contributed by atoms with Crippen LogP contribution in [0.5, 0.6) is 0 Å². The molecule has 0 aliphatic rings. The Morgan fingerprint density at radius 3 is 2.32 bits per heavy atom. The summed E-state index contributed by atoms with van der Waals surface area (Å²) in [7, 11) is 0. The van der Waals surface area contributed by atoms with E-state index in [2.05, 4.69) is 25.9 Å². The number of H-pyrrole nitrogens is 1. The number of aromatic amines is 1. The van der Waals surface area contributed by atoms with Crippen LogP contribution in [0.1, 0.15) is 18.5 Å². The summed E-state index contributed by atoms with van der Waals surface area (Å²) in [6.07, 6.45) is 4.18. The first-order valence-electron chi connectivity index (χ1n) is 9.17. The number of thioether (sulfide) groups is 1. The molecular weight excluding hydrogens is 432 g/mol. The third-order valence-electron chi connectivity index (χ3n) is 4.00. The van der Waals surface area contributed by atoms with Crippen LogP contribution in [0.25, 0.3) is 0 Å². The number of nitrogens with two attached hydrogens (primary N) is 1. The monoisotopic (exact) mass is 458 g/mol. The van der Waals surface area contributed by atoms with Crippen molar-refractivity contribution in [2.45, 2.75) is 37.4 Å². The number of carboxylic acids is 2. The molecule has 1 rings (SSSR count).